The van der Waals surface area contributed by atoms with Gasteiger partial charge >= 0.3 is 11.9 Å². The van der Waals surface area contributed by atoms with Gasteiger partial charge in [0.05, 0.1) is 11.3 Å². The van der Waals surface area contributed by atoms with Gasteiger partial charge in [0, 0.05) is 35.8 Å². The van der Waals surface area contributed by atoms with Crippen molar-refractivity contribution in [3.63, 3.8) is 0 Å². The molecule has 0 aliphatic heterocycles. The summed E-state index contributed by atoms with van der Waals surface area (Å²) < 4.78 is 40.8. The Morgan fingerprint density at radius 2 is 1.60 bits per heavy atom. The largest absolute Gasteiger partial charge is 0.416 e. The van der Waals surface area contributed by atoms with E-state index >= 15 is 0 Å². The van der Waals surface area contributed by atoms with Crippen molar-refractivity contribution >= 4 is 17.0 Å². The van der Waals surface area contributed by atoms with Gasteiger partial charge in [-0.05, 0) is 103 Å². The Morgan fingerprint density at radius 1 is 0.940 bits per heavy atom. The van der Waals surface area contributed by atoms with Gasteiger partial charge in [-0.3, -0.25) is 9.56 Å². The number of aromatic amines is 1. The fourth-order valence-corrected chi connectivity index (χ4v) is 5.98. The van der Waals surface area contributed by atoms with Gasteiger partial charge in [0.15, 0.2) is 5.96 Å². The Balaban J connectivity index is 0.000000237. The average molecular weight is 695 g/mol. The van der Waals surface area contributed by atoms with E-state index in [1.54, 1.807) is 4.57 Å². The lowest BCUT2D eigenvalue weighted by Crippen LogP contribution is -2.31. The Bertz CT molecular complexity index is 1770. The summed E-state index contributed by atoms with van der Waals surface area (Å²) in [7, 11) is 0. The van der Waals surface area contributed by atoms with Crippen LogP contribution < -0.4 is 28.2 Å². The monoisotopic (exact) mass is 694 g/mol. The normalized spacial score (nSPS) is 16.4. The molecule has 2 aromatic carbocycles. The van der Waals surface area contributed by atoms with Gasteiger partial charge in [0.1, 0.15) is 5.65 Å². The van der Waals surface area contributed by atoms with Gasteiger partial charge in [-0.2, -0.15) is 18.2 Å². The first kappa shape index (κ1) is 38.6. The van der Waals surface area contributed by atoms with Crippen LogP contribution in [0, 0.1) is 11.8 Å². The predicted octanol–water partition coefficient (Wildman–Crippen LogP) is 6.29. The molecule has 1 saturated carbocycles. The topological polar surface area (TPSA) is 153 Å². The molecular formula is C38H53F3N8O. The van der Waals surface area contributed by atoms with Crippen molar-refractivity contribution in [1.82, 2.24) is 19.9 Å². The van der Waals surface area contributed by atoms with E-state index in [0.717, 1.165) is 72.2 Å². The molecule has 1 aliphatic rings. The zero-order valence-electron chi connectivity index (χ0n) is 30.1. The smallest absolute Gasteiger partial charge is 0.370 e. The molecule has 1 fully saturated rings. The van der Waals surface area contributed by atoms with Crippen LogP contribution >= 0.6 is 0 Å². The van der Waals surface area contributed by atoms with Crippen LogP contribution in [0.25, 0.3) is 16.7 Å². The molecule has 8 N–H and O–H groups in total. The van der Waals surface area contributed by atoms with Crippen molar-refractivity contribution in [1.29, 1.82) is 0 Å². The quantitative estimate of drug-likeness (QED) is 0.0747. The SMILES string of the molecule is CC(C)(C)c1cc(CC2CC(CN)C2)cc(C(F)(F)F)c1.CC(C)(C)c1cc2cn(-c3ccc(CNCCCN=C(N)N)cc3)c(=O)nc2[nH]1. The second-order valence-corrected chi connectivity index (χ2v) is 15.4. The maximum Gasteiger partial charge on any atom is 0.416 e. The Morgan fingerprint density at radius 3 is 2.18 bits per heavy atom. The van der Waals surface area contributed by atoms with E-state index < -0.39 is 11.7 Å². The summed E-state index contributed by atoms with van der Waals surface area (Å²) in [5.41, 5.74) is 20.2. The van der Waals surface area contributed by atoms with Crippen molar-refractivity contribution in [2.24, 2.45) is 34.0 Å². The third-order valence-electron chi connectivity index (χ3n) is 9.04. The van der Waals surface area contributed by atoms with Gasteiger partial charge in [-0.25, -0.2) is 4.79 Å². The molecule has 0 atom stereocenters. The highest BCUT2D eigenvalue weighted by atomic mass is 19.4. The number of nitrogens with zero attached hydrogens (tertiary/aromatic N) is 3. The third-order valence-corrected chi connectivity index (χ3v) is 9.04. The van der Waals surface area contributed by atoms with E-state index in [0.29, 0.717) is 30.6 Å². The summed E-state index contributed by atoms with van der Waals surface area (Å²) in [5.74, 6) is 1.16. The molecule has 2 heterocycles. The van der Waals surface area contributed by atoms with E-state index in [-0.39, 0.29) is 22.5 Å². The summed E-state index contributed by atoms with van der Waals surface area (Å²) in [6, 6.07) is 14.5. The minimum atomic E-state index is -4.28. The molecule has 0 bridgehead atoms. The van der Waals surface area contributed by atoms with Crippen LogP contribution in [0.2, 0.25) is 0 Å². The number of guanidine groups is 1. The molecule has 12 heteroatoms. The molecular weight excluding hydrogens is 641 g/mol. The molecule has 50 heavy (non-hydrogen) atoms. The predicted molar refractivity (Wildman–Crippen MR) is 197 cm³/mol. The number of hydrogen-bond donors (Lipinski definition) is 5. The van der Waals surface area contributed by atoms with Crippen molar-refractivity contribution < 1.29 is 13.2 Å². The third kappa shape index (κ3) is 10.7. The Kier molecular flexibility index (Phi) is 12.2. The molecule has 272 valence electrons. The van der Waals surface area contributed by atoms with Crippen molar-refractivity contribution in [2.45, 2.75) is 90.8 Å². The number of aromatic nitrogens is 3. The van der Waals surface area contributed by atoms with Gasteiger partial charge in [-0.1, -0.05) is 59.7 Å². The minimum absolute atomic E-state index is 0.0352. The Hall–Kier alpha value is -4.16. The second-order valence-electron chi connectivity index (χ2n) is 15.4. The van der Waals surface area contributed by atoms with Crippen molar-refractivity contribution in [2.75, 3.05) is 19.6 Å². The lowest BCUT2D eigenvalue weighted by molar-refractivity contribution is -0.137. The lowest BCUT2D eigenvalue weighted by atomic mass is 9.71. The van der Waals surface area contributed by atoms with E-state index in [4.69, 9.17) is 17.2 Å². The summed E-state index contributed by atoms with van der Waals surface area (Å²) in [6.45, 7) is 15.1. The number of rotatable bonds is 10. The van der Waals surface area contributed by atoms with Crippen LogP contribution in [0.1, 0.15) is 88.8 Å². The standard InChI is InChI=1S/C21H29N7O.C17H24F3N/c1-21(2,3)17-11-15-13-28(20(29)27-18(15)26-17)16-7-5-14(6-8-16)12-24-9-4-10-25-19(22)23;1-16(2,3)14-7-12(4-11-5-13(6-11)10-21)8-15(9-14)17(18,19)20/h5-8,11,13,24H,4,9-10,12H2,1-3H3,(H4,22,23,25)(H,26,27,29);7-9,11,13H,4-6,10,21H2,1-3H3. The molecule has 0 saturated heterocycles. The number of nitrogens with two attached hydrogens (primary N) is 3. The highest BCUT2D eigenvalue weighted by molar-refractivity contribution is 5.76. The number of nitrogens with one attached hydrogen (secondary N) is 2. The number of H-pyrrole nitrogens is 1. The number of fused-ring (bicyclic) bond motifs is 1. The first-order chi connectivity index (χ1) is 23.3. The first-order valence-corrected chi connectivity index (χ1v) is 17.2. The molecule has 5 rings (SSSR count). The molecule has 4 aromatic rings. The highest BCUT2D eigenvalue weighted by Crippen LogP contribution is 2.38. The lowest BCUT2D eigenvalue weighted by Gasteiger charge is -2.35. The van der Waals surface area contributed by atoms with E-state index in [2.05, 4.69) is 47.1 Å². The molecule has 1 aliphatic carbocycles. The van der Waals surface area contributed by atoms with Crippen LogP contribution in [-0.4, -0.2) is 40.1 Å². The summed E-state index contributed by atoms with van der Waals surface area (Å²) in [5, 5.41) is 4.27. The summed E-state index contributed by atoms with van der Waals surface area (Å²) >= 11 is 0. The molecule has 0 amide bonds. The van der Waals surface area contributed by atoms with Gasteiger partial charge < -0.3 is 27.5 Å². The fraction of sp³-hybridized carbons (Fsp3) is 0.500. The first-order valence-electron chi connectivity index (χ1n) is 17.2. The number of alkyl halides is 3. The fourth-order valence-electron chi connectivity index (χ4n) is 5.98. The second kappa shape index (κ2) is 15.8. The van der Waals surface area contributed by atoms with Crippen LogP contribution in [0.3, 0.4) is 0 Å². The zero-order chi connectivity index (χ0) is 36.9. The average Bonchev–Trinajstić information content (AvgIpc) is 3.43. The van der Waals surface area contributed by atoms with Gasteiger partial charge in [0.2, 0.25) is 0 Å². The van der Waals surface area contributed by atoms with Crippen LogP contribution in [0.4, 0.5) is 13.2 Å². The maximum absolute atomic E-state index is 13.1. The number of hydrogen-bond acceptors (Lipinski definition) is 5. The number of aliphatic imine (C=N–C) groups is 1. The molecule has 0 unspecified atom stereocenters. The maximum atomic E-state index is 13.1. The number of halogens is 3. The summed E-state index contributed by atoms with van der Waals surface area (Å²) in [6.07, 6.45) is 1.23. The van der Waals surface area contributed by atoms with Crippen molar-refractivity contribution in [3.8, 4) is 5.69 Å². The minimum Gasteiger partial charge on any atom is -0.370 e. The summed E-state index contributed by atoms with van der Waals surface area (Å²) in [4.78, 5) is 23.9. The van der Waals surface area contributed by atoms with E-state index in [1.807, 2.05) is 57.3 Å². The van der Waals surface area contributed by atoms with E-state index in [1.165, 1.54) is 12.1 Å². The van der Waals surface area contributed by atoms with E-state index in [9.17, 15) is 18.0 Å². The van der Waals surface area contributed by atoms with Crippen LogP contribution in [0.5, 0.6) is 0 Å². The zero-order valence-corrected chi connectivity index (χ0v) is 30.1. The van der Waals surface area contributed by atoms with Gasteiger partial charge in [0.25, 0.3) is 0 Å². The molecule has 9 nitrogen and oxygen atoms in total. The van der Waals surface area contributed by atoms with Crippen LogP contribution in [0.15, 0.2) is 64.5 Å². The van der Waals surface area contributed by atoms with Crippen molar-refractivity contribution in [3.05, 3.63) is 93.2 Å². The molecule has 2 aromatic heterocycles. The van der Waals surface area contributed by atoms with Gasteiger partial charge in [-0.15, -0.1) is 0 Å². The van der Waals surface area contributed by atoms with Crippen LogP contribution in [-0.2, 0) is 30.0 Å². The molecule has 0 spiro atoms. The Labute approximate surface area is 293 Å². The highest BCUT2D eigenvalue weighted by Gasteiger charge is 2.33. The molecule has 0 radical (unpaired) electrons. The number of benzene rings is 2.